The molecule has 12 nitrogen and oxygen atoms in total. The zero-order chi connectivity index (χ0) is 29.6. The number of nitrogens with zero attached hydrogens (tertiary/aromatic N) is 2. The van der Waals surface area contributed by atoms with E-state index in [9.17, 15) is 29.1 Å². The van der Waals surface area contributed by atoms with Crippen LogP contribution in [0.2, 0.25) is 0 Å². The number of aliphatic hydroxyl groups excluding tert-OH is 1. The molecule has 12 heteroatoms. The second kappa shape index (κ2) is 13.0. The number of aliphatic hydroxyl groups is 1. The van der Waals surface area contributed by atoms with Crippen molar-refractivity contribution in [2.45, 2.75) is 69.2 Å². The van der Waals surface area contributed by atoms with Gasteiger partial charge in [0.1, 0.15) is 24.7 Å². The molecule has 3 aliphatic heterocycles. The number of amides is 4. The molecule has 0 spiro atoms. The number of rotatable bonds is 6. The zero-order valence-electron chi connectivity index (χ0n) is 23.0. The van der Waals surface area contributed by atoms with Crippen molar-refractivity contribution >= 4 is 29.8 Å². The summed E-state index contributed by atoms with van der Waals surface area (Å²) in [4.78, 5) is 68.3. The summed E-state index contributed by atoms with van der Waals surface area (Å²) >= 11 is 0. The summed E-state index contributed by atoms with van der Waals surface area (Å²) in [5, 5.41) is 15.5. The van der Waals surface area contributed by atoms with E-state index in [4.69, 9.17) is 9.47 Å². The fourth-order valence-corrected chi connectivity index (χ4v) is 5.64. The highest BCUT2D eigenvalue weighted by Gasteiger charge is 2.47. The average molecular weight is 579 g/mol. The molecule has 0 aromatic heterocycles. The molecule has 0 radical (unpaired) electrons. The molecule has 2 unspecified atom stereocenters. The summed E-state index contributed by atoms with van der Waals surface area (Å²) in [6.07, 6.45) is -0.0780. The molecule has 42 heavy (non-hydrogen) atoms. The van der Waals surface area contributed by atoms with E-state index in [1.165, 1.54) is 9.80 Å². The van der Waals surface area contributed by atoms with Crippen LogP contribution in [-0.4, -0.2) is 88.2 Å². The van der Waals surface area contributed by atoms with E-state index in [2.05, 4.69) is 10.6 Å². The van der Waals surface area contributed by atoms with Crippen LogP contribution in [0.25, 0.3) is 0 Å². The number of ether oxygens (including phenoxy) is 2. The van der Waals surface area contributed by atoms with Gasteiger partial charge in [-0.25, -0.2) is 4.79 Å². The molecule has 0 saturated carbocycles. The number of fused-ring (bicyclic) bond motifs is 1. The van der Waals surface area contributed by atoms with Gasteiger partial charge in [-0.3, -0.25) is 19.2 Å². The van der Waals surface area contributed by atoms with Gasteiger partial charge in [-0.1, -0.05) is 61.4 Å². The number of cyclic esters (lactones) is 1. The van der Waals surface area contributed by atoms with Gasteiger partial charge in [-0.05, 0) is 30.5 Å². The first-order valence-corrected chi connectivity index (χ1v) is 14.1. The lowest BCUT2D eigenvalue weighted by Gasteiger charge is -2.47. The van der Waals surface area contributed by atoms with Crippen molar-refractivity contribution in [3.05, 3.63) is 71.8 Å². The normalized spacial score (nSPS) is 25.9. The van der Waals surface area contributed by atoms with E-state index in [1.54, 1.807) is 30.3 Å². The van der Waals surface area contributed by atoms with Gasteiger partial charge < -0.3 is 35.0 Å². The molecule has 0 bridgehead atoms. The van der Waals surface area contributed by atoms with Crippen LogP contribution in [0.4, 0.5) is 4.79 Å². The minimum atomic E-state index is -1.52. The number of carbonyl (C=O) groups is 5. The lowest BCUT2D eigenvalue weighted by Crippen LogP contribution is -2.69. The molecule has 2 aromatic rings. The minimum Gasteiger partial charge on any atom is -0.445 e. The number of hydrogen-bond acceptors (Lipinski definition) is 8. The Bertz CT molecular complexity index is 1310. The fourth-order valence-electron chi connectivity index (χ4n) is 5.64. The molecular weight excluding hydrogens is 544 g/mol. The minimum absolute atomic E-state index is 0.0433. The summed E-state index contributed by atoms with van der Waals surface area (Å²) in [5.41, 5.74) is 1.21. The highest BCUT2D eigenvalue weighted by Crippen LogP contribution is 2.27. The van der Waals surface area contributed by atoms with Gasteiger partial charge >= 0.3 is 12.1 Å². The smallest absolute Gasteiger partial charge is 0.410 e. The number of esters is 1. The Kier molecular flexibility index (Phi) is 9.01. The Labute approximate surface area is 242 Å². The molecule has 0 aliphatic carbocycles. The largest absolute Gasteiger partial charge is 0.445 e. The second-order valence-corrected chi connectivity index (χ2v) is 10.7. The SMILES string of the molecule is O=C1CC(NC(=O)[C@@H]2CN(C(=O)OCc3ccccc3)C[C@@H]3CCCC[C@H](NC(=O)c4ccccc4)C(=O)N32)C(O)O1. The summed E-state index contributed by atoms with van der Waals surface area (Å²) in [5.74, 6) is -2.14. The van der Waals surface area contributed by atoms with E-state index in [-0.39, 0.29) is 26.1 Å². The number of benzene rings is 2. The van der Waals surface area contributed by atoms with Crippen LogP contribution in [0.1, 0.15) is 48.0 Å². The zero-order valence-corrected chi connectivity index (χ0v) is 23.0. The first kappa shape index (κ1) is 29.1. The molecule has 4 amide bonds. The maximum atomic E-state index is 14.0. The number of hydrogen-bond donors (Lipinski definition) is 3. The second-order valence-electron chi connectivity index (χ2n) is 10.7. The van der Waals surface area contributed by atoms with Crippen LogP contribution < -0.4 is 10.6 Å². The van der Waals surface area contributed by atoms with Gasteiger partial charge in [-0.2, -0.15) is 0 Å². The summed E-state index contributed by atoms with van der Waals surface area (Å²) in [6.45, 7) is 0.0243. The first-order valence-electron chi connectivity index (χ1n) is 14.1. The lowest BCUT2D eigenvalue weighted by molar-refractivity contribution is -0.156. The van der Waals surface area contributed by atoms with Crippen LogP contribution in [0, 0.1) is 0 Å². The van der Waals surface area contributed by atoms with Crippen molar-refractivity contribution in [1.29, 1.82) is 0 Å². The van der Waals surface area contributed by atoms with E-state index in [1.807, 2.05) is 30.3 Å². The summed E-state index contributed by atoms with van der Waals surface area (Å²) in [7, 11) is 0. The van der Waals surface area contributed by atoms with E-state index in [0.29, 0.717) is 31.2 Å². The maximum absolute atomic E-state index is 14.0. The van der Waals surface area contributed by atoms with Crippen LogP contribution in [0.3, 0.4) is 0 Å². The quantitative estimate of drug-likeness (QED) is 0.434. The maximum Gasteiger partial charge on any atom is 0.410 e. The van der Waals surface area contributed by atoms with Gasteiger partial charge in [0.25, 0.3) is 5.91 Å². The van der Waals surface area contributed by atoms with Crippen molar-refractivity contribution in [3.63, 3.8) is 0 Å². The highest BCUT2D eigenvalue weighted by atomic mass is 16.6. The van der Waals surface area contributed by atoms with E-state index < -0.39 is 60.2 Å². The monoisotopic (exact) mass is 578 g/mol. The third kappa shape index (κ3) is 6.71. The Morgan fingerprint density at radius 1 is 0.929 bits per heavy atom. The van der Waals surface area contributed by atoms with Crippen LogP contribution in [0.5, 0.6) is 0 Å². The third-order valence-corrected chi connectivity index (χ3v) is 7.80. The summed E-state index contributed by atoms with van der Waals surface area (Å²) in [6, 6.07) is 14.2. The van der Waals surface area contributed by atoms with Gasteiger partial charge in [0.05, 0.1) is 19.0 Å². The molecule has 222 valence electrons. The predicted octanol–water partition coefficient (Wildman–Crippen LogP) is 1.33. The van der Waals surface area contributed by atoms with Crippen LogP contribution in [-0.2, 0) is 30.5 Å². The molecule has 5 atom stereocenters. The number of carbonyl (C=O) groups excluding carboxylic acids is 5. The predicted molar refractivity (Wildman–Crippen MR) is 147 cm³/mol. The van der Waals surface area contributed by atoms with Gasteiger partial charge in [0.15, 0.2) is 0 Å². The first-order chi connectivity index (χ1) is 20.3. The van der Waals surface area contributed by atoms with Gasteiger partial charge in [0.2, 0.25) is 18.1 Å². The van der Waals surface area contributed by atoms with Crippen LogP contribution in [0.15, 0.2) is 60.7 Å². The molecule has 3 saturated heterocycles. The van der Waals surface area contributed by atoms with Crippen molar-refractivity contribution in [2.24, 2.45) is 0 Å². The van der Waals surface area contributed by atoms with E-state index >= 15 is 0 Å². The number of nitrogens with one attached hydrogen (secondary N) is 2. The Balaban J connectivity index is 1.37. The van der Waals surface area contributed by atoms with E-state index in [0.717, 1.165) is 5.56 Å². The summed E-state index contributed by atoms with van der Waals surface area (Å²) < 4.78 is 10.3. The Morgan fingerprint density at radius 2 is 1.62 bits per heavy atom. The van der Waals surface area contributed by atoms with Crippen molar-refractivity contribution in [3.8, 4) is 0 Å². The number of piperazine rings is 1. The molecule has 2 aromatic carbocycles. The molecule has 3 N–H and O–H groups in total. The molecule has 3 heterocycles. The molecule has 3 aliphatic rings. The van der Waals surface area contributed by atoms with Crippen LogP contribution >= 0.6 is 0 Å². The third-order valence-electron chi connectivity index (χ3n) is 7.80. The van der Waals surface area contributed by atoms with Crippen molar-refractivity contribution in [2.75, 3.05) is 13.1 Å². The van der Waals surface area contributed by atoms with Gasteiger partial charge in [-0.15, -0.1) is 0 Å². The molecule has 3 fully saturated rings. The Morgan fingerprint density at radius 3 is 2.31 bits per heavy atom. The van der Waals surface area contributed by atoms with Crippen molar-refractivity contribution < 1.29 is 38.6 Å². The topological polar surface area (TPSA) is 155 Å². The molecule has 5 rings (SSSR count). The average Bonchev–Trinajstić information content (AvgIpc) is 3.32. The lowest BCUT2D eigenvalue weighted by atomic mass is 9.93. The fraction of sp³-hybridized carbons (Fsp3) is 0.433. The van der Waals surface area contributed by atoms with Crippen molar-refractivity contribution in [1.82, 2.24) is 20.4 Å². The standard InChI is InChI=1S/C30H34N4O8/c35-25-15-23(29(39)42-25)32-27(37)24-17-33(30(40)41-18-19-9-3-1-4-10-19)16-21-13-7-8-14-22(28(38)34(21)24)31-26(36)20-11-5-2-6-12-20/h1-6,9-12,21-24,29,39H,7-8,13-18H2,(H,31,36)(H,32,37)/t21-,22-,23?,24-,29?/m0/s1. The molecular formula is C30H34N4O8. The van der Waals surface area contributed by atoms with Gasteiger partial charge in [0, 0.05) is 12.1 Å². The highest BCUT2D eigenvalue weighted by molar-refractivity contribution is 5.98. The Hall–Kier alpha value is -4.45.